The molecule has 1 N–H and O–H groups in total. The maximum Gasteiger partial charge on any atom is 0.237 e. The molecule has 5 nitrogen and oxygen atoms in total. The van der Waals surface area contributed by atoms with E-state index >= 15 is 0 Å². The first-order chi connectivity index (χ1) is 12.3. The molecule has 1 amide bonds. The van der Waals surface area contributed by atoms with Gasteiger partial charge >= 0.3 is 0 Å². The van der Waals surface area contributed by atoms with Gasteiger partial charge < -0.3 is 10.2 Å². The smallest absolute Gasteiger partial charge is 0.237 e. The van der Waals surface area contributed by atoms with Crippen molar-refractivity contribution in [2.45, 2.75) is 75.1 Å². The van der Waals surface area contributed by atoms with Gasteiger partial charge in [-0.25, -0.2) is 0 Å². The maximum absolute atomic E-state index is 12.6. The molecule has 7 heteroatoms. The Bertz CT molecular complexity index is 596. The maximum atomic E-state index is 12.6. The molecule has 1 aromatic heterocycles. The van der Waals surface area contributed by atoms with Gasteiger partial charge in [-0.15, -0.1) is 10.2 Å². The first-order valence-corrected chi connectivity index (χ1v) is 11.3. The molecule has 138 valence electrons. The minimum atomic E-state index is 0.178. The number of carbonyl (C=O) groups is 1. The molecule has 3 rings (SSSR count). The van der Waals surface area contributed by atoms with Crippen molar-refractivity contribution in [2.75, 3.05) is 17.6 Å². The second-order valence-electron chi connectivity index (χ2n) is 6.72. The quantitative estimate of drug-likeness (QED) is 0.696. The van der Waals surface area contributed by atoms with Crippen LogP contribution in [0.1, 0.15) is 64.7 Å². The third-order valence-corrected chi connectivity index (χ3v) is 6.86. The monoisotopic (exact) mass is 380 g/mol. The van der Waals surface area contributed by atoms with E-state index in [1.54, 1.807) is 11.3 Å². The molecule has 1 fully saturated rings. The highest BCUT2D eigenvalue weighted by Crippen LogP contribution is 2.29. The molecular formula is C18H28N4OS2. The summed E-state index contributed by atoms with van der Waals surface area (Å²) in [5.41, 5.74) is 1.20. The van der Waals surface area contributed by atoms with Crippen LogP contribution in [-0.2, 0) is 4.79 Å². The van der Waals surface area contributed by atoms with Gasteiger partial charge in [-0.1, -0.05) is 48.4 Å². The molecule has 0 radical (unpaired) electrons. The third kappa shape index (κ3) is 5.45. The van der Waals surface area contributed by atoms with Gasteiger partial charge in [-0.05, 0) is 45.4 Å². The summed E-state index contributed by atoms with van der Waals surface area (Å²) in [6.07, 6.45) is 13.2. The fourth-order valence-corrected chi connectivity index (χ4v) is 5.26. The van der Waals surface area contributed by atoms with E-state index in [1.807, 2.05) is 4.90 Å². The highest BCUT2D eigenvalue weighted by atomic mass is 32.2. The lowest BCUT2D eigenvalue weighted by atomic mass is 9.96. The number of hydrogen-bond donors (Lipinski definition) is 1. The summed E-state index contributed by atoms with van der Waals surface area (Å²) < 4.78 is 0.875. The number of aromatic nitrogens is 2. The van der Waals surface area contributed by atoms with Crippen LogP contribution in [0.15, 0.2) is 16.1 Å². The van der Waals surface area contributed by atoms with Gasteiger partial charge in [0, 0.05) is 18.3 Å². The molecule has 2 aliphatic rings. The van der Waals surface area contributed by atoms with Crippen LogP contribution in [0.5, 0.6) is 0 Å². The Kier molecular flexibility index (Phi) is 7.16. The Hall–Kier alpha value is -1.08. The SMILES string of the molecule is CCN(C(=O)CSc1nnc(NC2CCCCC2)s1)C1=CCCCC1. The van der Waals surface area contributed by atoms with Crippen LogP contribution in [0.2, 0.25) is 0 Å². The molecule has 0 aliphatic heterocycles. The average molecular weight is 381 g/mol. The summed E-state index contributed by atoms with van der Waals surface area (Å²) in [5.74, 6) is 0.612. The van der Waals surface area contributed by atoms with Gasteiger partial charge in [-0.3, -0.25) is 4.79 Å². The summed E-state index contributed by atoms with van der Waals surface area (Å²) >= 11 is 3.07. The molecule has 0 unspecified atom stereocenters. The second kappa shape index (κ2) is 9.57. The predicted octanol–water partition coefficient (Wildman–Crippen LogP) is 4.68. The van der Waals surface area contributed by atoms with Crippen molar-refractivity contribution in [1.82, 2.24) is 15.1 Å². The molecular weight excluding hydrogens is 352 g/mol. The molecule has 1 saturated carbocycles. The van der Waals surface area contributed by atoms with Gasteiger partial charge in [0.2, 0.25) is 11.0 Å². The molecule has 1 aromatic rings. The highest BCUT2D eigenvalue weighted by molar-refractivity contribution is 8.01. The largest absolute Gasteiger partial charge is 0.357 e. The molecule has 0 spiro atoms. The summed E-state index contributed by atoms with van der Waals surface area (Å²) in [4.78, 5) is 14.5. The molecule has 2 aliphatic carbocycles. The van der Waals surface area contributed by atoms with Gasteiger partial charge in [0.1, 0.15) is 0 Å². The van der Waals surface area contributed by atoms with Gasteiger partial charge in [0.15, 0.2) is 4.34 Å². The molecule has 0 saturated heterocycles. The lowest BCUT2D eigenvalue weighted by Crippen LogP contribution is -2.32. The highest BCUT2D eigenvalue weighted by Gasteiger charge is 2.19. The number of hydrogen-bond acceptors (Lipinski definition) is 6. The van der Waals surface area contributed by atoms with Crippen LogP contribution in [-0.4, -0.2) is 39.3 Å². The van der Waals surface area contributed by atoms with Crippen molar-refractivity contribution in [2.24, 2.45) is 0 Å². The zero-order chi connectivity index (χ0) is 17.5. The second-order valence-corrected chi connectivity index (χ2v) is 8.92. The Morgan fingerprint density at radius 3 is 2.84 bits per heavy atom. The van der Waals surface area contributed by atoms with Gasteiger partial charge in [-0.2, -0.15) is 0 Å². The Morgan fingerprint density at radius 2 is 2.12 bits per heavy atom. The first-order valence-electron chi connectivity index (χ1n) is 9.48. The van der Waals surface area contributed by atoms with Gasteiger partial charge in [0.05, 0.1) is 5.75 Å². The summed E-state index contributed by atoms with van der Waals surface area (Å²) in [7, 11) is 0. The summed E-state index contributed by atoms with van der Waals surface area (Å²) in [6, 6.07) is 0.537. The van der Waals surface area contributed by atoms with Crippen LogP contribution >= 0.6 is 23.1 Å². The minimum absolute atomic E-state index is 0.178. The lowest BCUT2D eigenvalue weighted by Gasteiger charge is -2.26. The zero-order valence-electron chi connectivity index (χ0n) is 15.0. The molecule has 0 aromatic carbocycles. The molecule has 0 bridgehead atoms. The fraction of sp³-hybridized carbons (Fsp3) is 0.722. The van der Waals surface area contributed by atoms with E-state index in [2.05, 4.69) is 28.5 Å². The topological polar surface area (TPSA) is 58.1 Å². The normalized spacial score (nSPS) is 18.7. The van der Waals surface area contributed by atoms with E-state index in [4.69, 9.17) is 0 Å². The number of thioether (sulfide) groups is 1. The van der Waals surface area contributed by atoms with E-state index in [0.29, 0.717) is 11.8 Å². The number of anilines is 1. The van der Waals surface area contributed by atoms with E-state index in [-0.39, 0.29) is 5.91 Å². The molecule has 25 heavy (non-hydrogen) atoms. The van der Waals surface area contributed by atoms with Crippen molar-refractivity contribution in [3.05, 3.63) is 11.8 Å². The van der Waals surface area contributed by atoms with Crippen LogP contribution < -0.4 is 5.32 Å². The van der Waals surface area contributed by atoms with Crippen molar-refractivity contribution in [1.29, 1.82) is 0 Å². The Morgan fingerprint density at radius 1 is 1.28 bits per heavy atom. The van der Waals surface area contributed by atoms with Crippen molar-refractivity contribution < 1.29 is 4.79 Å². The lowest BCUT2D eigenvalue weighted by molar-refractivity contribution is -0.126. The number of amides is 1. The van der Waals surface area contributed by atoms with E-state index in [1.165, 1.54) is 62.4 Å². The summed E-state index contributed by atoms with van der Waals surface area (Å²) in [6.45, 7) is 2.80. The third-order valence-electron chi connectivity index (χ3n) is 4.89. The number of rotatable bonds is 7. The first kappa shape index (κ1) is 18.7. The predicted molar refractivity (Wildman–Crippen MR) is 105 cm³/mol. The number of nitrogens with zero attached hydrogens (tertiary/aromatic N) is 3. The molecule has 0 atom stereocenters. The standard InChI is InChI=1S/C18H28N4OS2/c1-2-22(15-11-7-4-8-12-15)16(23)13-24-18-21-20-17(25-18)19-14-9-5-3-6-10-14/h11,14H,2-10,12-13H2,1H3,(H,19,20). The van der Waals surface area contributed by atoms with Crippen molar-refractivity contribution >= 4 is 34.1 Å². The van der Waals surface area contributed by atoms with Crippen LogP contribution in [0, 0.1) is 0 Å². The summed E-state index contributed by atoms with van der Waals surface area (Å²) in [5, 5.41) is 12.9. The van der Waals surface area contributed by atoms with Gasteiger partial charge in [0.25, 0.3) is 0 Å². The van der Waals surface area contributed by atoms with E-state index < -0.39 is 0 Å². The van der Waals surface area contributed by atoms with Crippen molar-refractivity contribution in [3.8, 4) is 0 Å². The Labute approximate surface area is 158 Å². The minimum Gasteiger partial charge on any atom is -0.357 e. The van der Waals surface area contributed by atoms with Crippen LogP contribution in [0.3, 0.4) is 0 Å². The zero-order valence-corrected chi connectivity index (χ0v) is 16.6. The van der Waals surface area contributed by atoms with E-state index in [0.717, 1.165) is 28.9 Å². The van der Waals surface area contributed by atoms with E-state index in [9.17, 15) is 4.79 Å². The number of allylic oxidation sites excluding steroid dienone is 2. The van der Waals surface area contributed by atoms with Crippen LogP contribution in [0.25, 0.3) is 0 Å². The average Bonchev–Trinajstić information content (AvgIpc) is 3.10. The fourth-order valence-electron chi connectivity index (χ4n) is 3.56. The number of nitrogens with one attached hydrogen (secondary N) is 1. The molecule has 1 heterocycles. The Balaban J connectivity index is 1.49. The van der Waals surface area contributed by atoms with Crippen molar-refractivity contribution in [3.63, 3.8) is 0 Å². The number of carbonyl (C=O) groups excluding carboxylic acids is 1. The van der Waals surface area contributed by atoms with Crippen LogP contribution in [0.4, 0.5) is 5.13 Å².